The van der Waals surface area contributed by atoms with Crippen molar-refractivity contribution in [2.24, 2.45) is 0 Å². The van der Waals surface area contributed by atoms with Gasteiger partial charge in [-0.05, 0) is 36.8 Å². The van der Waals surface area contributed by atoms with Crippen LogP contribution in [0.25, 0.3) is 0 Å². The molecule has 2 rings (SSSR count). The number of anilines is 1. The first kappa shape index (κ1) is 14.6. The molecule has 0 saturated carbocycles. The van der Waals surface area contributed by atoms with Crippen LogP contribution in [-0.2, 0) is 0 Å². The van der Waals surface area contributed by atoms with E-state index in [-0.39, 0.29) is 22.9 Å². The minimum atomic E-state index is -0.270. The van der Waals surface area contributed by atoms with Gasteiger partial charge in [0.25, 0.3) is 5.91 Å². The SMILES string of the molecule is C[C@@H](NC(=O)c1cc(N)nc(Cl)c1)c1cccc(Cl)c1. The molecule has 0 saturated heterocycles. The molecule has 1 heterocycles. The van der Waals surface area contributed by atoms with Crippen molar-refractivity contribution in [1.82, 2.24) is 10.3 Å². The lowest BCUT2D eigenvalue weighted by Crippen LogP contribution is -2.26. The number of nitrogens with zero attached hydrogens (tertiary/aromatic N) is 1. The van der Waals surface area contributed by atoms with Crippen LogP contribution in [0.4, 0.5) is 5.82 Å². The zero-order valence-corrected chi connectivity index (χ0v) is 12.2. The van der Waals surface area contributed by atoms with E-state index in [1.807, 2.05) is 19.1 Å². The lowest BCUT2D eigenvalue weighted by Gasteiger charge is -2.15. The Labute approximate surface area is 126 Å². The predicted octanol–water partition coefficient (Wildman–Crippen LogP) is 3.46. The number of carbonyl (C=O) groups excluding carboxylic acids is 1. The first-order valence-corrected chi connectivity index (χ1v) is 6.70. The number of nitrogens with one attached hydrogen (secondary N) is 1. The molecule has 0 aliphatic rings. The lowest BCUT2D eigenvalue weighted by atomic mass is 10.1. The normalized spacial score (nSPS) is 11.9. The summed E-state index contributed by atoms with van der Waals surface area (Å²) >= 11 is 11.7. The van der Waals surface area contributed by atoms with E-state index in [4.69, 9.17) is 28.9 Å². The van der Waals surface area contributed by atoms with Crippen molar-refractivity contribution in [1.29, 1.82) is 0 Å². The third-order valence-corrected chi connectivity index (χ3v) is 3.20. The molecule has 0 bridgehead atoms. The predicted molar refractivity (Wildman–Crippen MR) is 81.0 cm³/mol. The van der Waals surface area contributed by atoms with Crippen LogP contribution in [0.2, 0.25) is 10.2 Å². The monoisotopic (exact) mass is 309 g/mol. The molecular weight excluding hydrogens is 297 g/mol. The highest BCUT2D eigenvalue weighted by Gasteiger charge is 2.13. The van der Waals surface area contributed by atoms with Crippen LogP contribution in [0.5, 0.6) is 0 Å². The Kier molecular flexibility index (Phi) is 4.47. The molecule has 1 atom stereocenters. The van der Waals surface area contributed by atoms with Crippen LogP contribution in [0.15, 0.2) is 36.4 Å². The maximum atomic E-state index is 12.1. The quantitative estimate of drug-likeness (QED) is 0.853. The molecule has 2 aromatic rings. The van der Waals surface area contributed by atoms with Gasteiger partial charge in [-0.15, -0.1) is 0 Å². The molecule has 0 radical (unpaired) electrons. The molecule has 1 amide bonds. The van der Waals surface area contributed by atoms with E-state index in [9.17, 15) is 4.79 Å². The topological polar surface area (TPSA) is 68.0 Å². The van der Waals surface area contributed by atoms with Gasteiger partial charge in [-0.3, -0.25) is 4.79 Å². The van der Waals surface area contributed by atoms with Gasteiger partial charge in [0.2, 0.25) is 0 Å². The van der Waals surface area contributed by atoms with Gasteiger partial charge in [0.15, 0.2) is 0 Å². The summed E-state index contributed by atoms with van der Waals surface area (Å²) in [5.74, 6) is -0.0634. The van der Waals surface area contributed by atoms with Gasteiger partial charge in [-0.25, -0.2) is 4.98 Å². The van der Waals surface area contributed by atoms with Crippen LogP contribution < -0.4 is 11.1 Å². The molecule has 4 nitrogen and oxygen atoms in total. The van der Waals surface area contributed by atoms with Gasteiger partial charge in [0.05, 0.1) is 6.04 Å². The highest BCUT2D eigenvalue weighted by atomic mass is 35.5. The second-order valence-electron chi connectivity index (χ2n) is 4.35. The van der Waals surface area contributed by atoms with Gasteiger partial charge in [0, 0.05) is 10.6 Å². The first-order valence-electron chi connectivity index (χ1n) is 5.95. The third kappa shape index (κ3) is 3.62. The minimum Gasteiger partial charge on any atom is -0.384 e. The highest BCUT2D eigenvalue weighted by molar-refractivity contribution is 6.30. The summed E-state index contributed by atoms with van der Waals surface area (Å²) in [7, 11) is 0. The van der Waals surface area contributed by atoms with Crippen molar-refractivity contribution in [2.75, 3.05) is 5.73 Å². The fourth-order valence-electron chi connectivity index (χ4n) is 1.79. The molecule has 1 aromatic carbocycles. The molecule has 1 aromatic heterocycles. The number of rotatable bonds is 3. The van der Waals surface area contributed by atoms with E-state index in [1.54, 1.807) is 12.1 Å². The Morgan fingerprint density at radius 2 is 2.05 bits per heavy atom. The maximum absolute atomic E-state index is 12.1. The fourth-order valence-corrected chi connectivity index (χ4v) is 2.20. The zero-order valence-electron chi connectivity index (χ0n) is 10.7. The van der Waals surface area contributed by atoms with Crippen molar-refractivity contribution >= 4 is 34.9 Å². The van der Waals surface area contributed by atoms with Gasteiger partial charge in [-0.1, -0.05) is 35.3 Å². The maximum Gasteiger partial charge on any atom is 0.251 e. The summed E-state index contributed by atoms with van der Waals surface area (Å²) in [6.45, 7) is 1.87. The second kappa shape index (κ2) is 6.11. The standard InChI is InChI=1S/C14H13Cl2N3O/c1-8(9-3-2-4-11(15)5-9)18-14(20)10-6-12(16)19-13(17)7-10/h2-8H,1H3,(H2,17,19)(H,18,20)/t8-/m1/s1. The molecular formula is C14H13Cl2N3O. The van der Waals surface area contributed by atoms with Crippen LogP contribution in [0.1, 0.15) is 28.9 Å². The first-order chi connectivity index (χ1) is 9.45. The number of benzene rings is 1. The molecule has 20 heavy (non-hydrogen) atoms. The van der Waals surface area contributed by atoms with Crippen molar-refractivity contribution in [2.45, 2.75) is 13.0 Å². The number of halogens is 2. The van der Waals surface area contributed by atoms with Crippen molar-refractivity contribution < 1.29 is 4.79 Å². The second-order valence-corrected chi connectivity index (χ2v) is 5.18. The Morgan fingerprint density at radius 1 is 1.30 bits per heavy atom. The van der Waals surface area contributed by atoms with Crippen LogP contribution in [0.3, 0.4) is 0 Å². The number of hydrogen-bond acceptors (Lipinski definition) is 3. The van der Waals surface area contributed by atoms with E-state index >= 15 is 0 Å². The van der Waals surface area contributed by atoms with E-state index in [0.29, 0.717) is 10.6 Å². The average molecular weight is 310 g/mol. The van der Waals surface area contributed by atoms with E-state index in [0.717, 1.165) is 5.56 Å². The molecule has 0 fully saturated rings. The number of amides is 1. The Hall–Kier alpha value is -1.78. The Bertz CT molecular complexity index is 626. The molecule has 104 valence electrons. The smallest absolute Gasteiger partial charge is 0.251 e. The summed E-state index contributed by atoms with van der Waals surface area (Å²) in [5.41, 5.74) is 6.85. The van der Waals surface area contributed by atoms with E-state index in [2.05, 4.69) is 10.3 Å². The summed E-state index contributed by atoms with van der Waals surface area (Å²) in [6, 6.07) is 10.1. The van der Waals surface area contributed by atoms with Crippen LogP contribution in [0, 0.1) is 0 Å². The summed E-state index contributed by atoms with van der Waals surface area (Å²) < 4.78 is 0. The third-order valence-electron chi connectivity index (χ3n) is 2.77. The largest absolute Gasteiger partial charge is 0.384 e. The molecule has 0 aliphatic carbocycles. The van der Waals surface area contributed by atoms with Gasteiger partial charge >= 0.3 is 0 Å². The zero-order chi connectivity index (χ0) is 14.7. The molecule has 0 aliphatic heterocycles. The summed E-state index contributed by atoms with van der Waals surface area (Å²) in [6.07, 6.45) is 0. The number of pyridine rings is 1. The Morgan fingerprint density at radius 3 is 2.70 bits per heavy atom. The minimum absolute atomic E-state index is 0.186. The average Bonchev–Trinajstić information content (AvgIpc) is 2.37. The number of aromatic nitrogens is 1. The molecule has 0 spiro atoms. The van der Waals surface area contributed by atoms with E-state index < -0.39 is 0 Å². The van der Waals surface area contributed by atoms with Gasteiger partial charge in [0.1, 0.15) is 11.0 Å². The van der Waals surface area contributed by atoms with Crippen molar-refractivity contribution in [3.8, 4) is 0 Å². The number of nitrogens with two attached hydrogens (primary N) is 1. The molecule has 3 N–H and O–H groups in total. The summed E-state index contributed by atoms with van der Waals surface area (Å²) in [4.78, 5) is 15.9. The number of hydrogen-bond donors (Lipinski definition) is 2. The van der Waals surface area contributed by atoms with Crippen LogP contribution >= 0.6 is 23.2 Å². The van der Waals surface area contributed by atoms with Crippen LogP contribution in [-0.4, -0.2) is 10.9 Å². The molecule has 0 unspecified atom stereocenters. The van der Waals surface area contributed by atoms with Gasteiger partial charge < -0.3 is 11.1 Å². The number of carbonyl (C=O) groups is 1. The fraction of sp³-hybridized carbons (Fsp3) is 0.143. The van der Waals surface area contributed by atoms with E-state index in [1.165, 1.54) is 12.1 Å². The Balaban J connectivity index is 2.15. The van der Waals surface area contributed by atoms with Crippen molar-refractivity contribution in [3.63, 3.8) is 0 Å². The summed E-state index contributed by atoms with van der Waals surface area (Å²) in [5, 5.41) is 3.67. The lowest BCUT2D eigenvalue weighted by molar-refractivity contribution is 0.0940. The highest BCUT2D eigenvalue weighted by Crippen LogP contribution is 2.18. The van der Waals surface area contributed by atoms with Crippen molar-refractivity contribution in [3.05, 3.63) is 57.7 Å². The van der Waals surface area contributed by atoms with Gasteiger partial charge in [-0.2, -0.15) is 0 Å². The number of nitrogen functional groups attached to an aromatic ring is 1. The molecule has 6 heteroatoms.